The van der Waals surface area contributed by atoms with Gasteiger partial charge in [-0.25, -0.2) is 4.68 Å². The minimum Gasteiger partial charge on any atom is -0.506 e. The molecule has 1 amide bonds. The first-order chi connectivity index (χ1) is 27.4. The first-order valence-corrected chi connectivity index (χ1v) is 20.9. The highest BCUT2D eigenvalue weighted by molar-refractivity contribution is 7.98. The van der Waals surface area contributed by atoms with E-state index >= 15 is 0 Å². The number of carbonyl (C=O) groups is 1. The molecule has 0 spiro atoms. The third kappa shape index (κ3) is 10.7. The summed E-state index contributed by atoms with van der Waals surface area (Å²) in [5.74, 6) is 1.73. The molecule has 2 N–H and O–H groups in total. The molecule has 6 aromatic rings. The molecule has 11 heteroatoms. The molecule has 6 rings (SSSR count). The number of ether oxygens (including phenoxy) is 2. The van der Waals surface area contributed by atoms with Crippen LogP contribution in [0.25, 0.3) is 16.5 Å². The van der Waals surface area contributed by atoms with Crippen LogP contribution < -0.4 is 14.8 Å². The molecule has 0 fully saturated rings. The van der Waals surface area contributed by atoms with E-state index in [0.717, 1.165) is 29.8 Å². The van der Waals surface area contributed by atoms with Crippen molar-refractivity contribution in [1.82, 2.24) is 20.0 Å². The number of carbonyl (C=O) groups excluding carboxylic acids is 1. The summed E-state index contributed by atoms with van der Waals surface area (Å²) in [7, 11) is 0. The Kier molecular flexibility index (Phi) is 14.8. The number of amides is 1. The van der Waals surface area contributed by atoms with E-state index < -0.39 is 5.91 Å². The van der Waals surface area contributed by atoms with E-state index in [4.69, 9.17) is 19.0 Å². The van der Waals surface area contributed by atoms with Crippen LogP contribution in [0.15, 0.2) is 94.6 Å². The van der Waals surface area contributed by atoms with Gasteiger partial charge < -0.3 is 24.3 Å². The molecule has 0 aliphatic heterocycles. The summed E-state index contributed by atoms with van der Waals surface area (Å²) >= 11 is 1.38. The highest BCUT2D eigenvalue weighted by Crippen LogP contribution is 2.41. The molecule has 0 aliphatic rings. The standard InChI is InChI=1S/C45H53N5O5S/c1-4-5-6-7-8-9-10-11-12-13-14-22-29-53-40-28-21-20-27-39(40)46-43(52)37-30-41(35-25-18-19-26-36(35)42(37)51)55-44-38(31-56-45-48-47-33(3)54-45)32(2)49-50(44)34-23-16-15-17-24-34/h15-21,23-28,30,51H,4-14,22,29,31H2,1-3H3,(H,46,52). The van der Waals surface area contributed by atoms with Crippen LogP contribution in [0.5, 0.6) is 23.1 Å². The van der Waals surface area contributed by atoms with E-state index in [2.05, 4.69) is 22.4 Å². The number of aromatic nitrogens is 4. The topological polar surface area (TPSA) is 125 Å². The second-order valence-electron chi connectivity index (χ2n) is 14.1. The Morgan fingerprint density at radius 3 is 2.12 bits per heavy atom. The fourth-order valence-corrected chi connectivity index (χ4v) is 7.60. The second-order valence-corrected chi connectivity index (χ2v) is 15.0. The number of fused-ring (bicyclic) bond motifs is 1. The zero-order chi connectivity index (χ0) is 39.1. The van der Waals surface area contributed by atoms with Gasteiger partial charge in [0.15, 0.2) is 0 Å². The average Bonchev–Trinajstić information content (AvgIpc) is 3.78. The Labute approximate surface area is 334 Å². The van der Waals surface area contributed by atoms with Gasteiger partial charge in [0.2, 0.25) is 11.8 Å². The molecule has 0 bridgehead atoms. The highest BCUT2D eigenvalue weighted by Gasteiger charge is 2.24. The summed E-state index contributed by atoms with van der Waals surface area (Å²) in [4.78, 5) is 14.0. The van der Waals surface area contributed by atoms with Gasteiger partial charge in [-0.2, -0.15) is 5.10 Å². The number of rotatable bonds is 22. The monoisotopic (exact) mass is 775 g/mol. The summed E-state index contributed by atoms with van der Waals surface area (Å²) in [5.41, 5.74) is 2.97. The predicted octanol–water partition coefficient (Wildman–Crippen LogP) is 12.1. The molecule has 2 aromatic heterocycles. The van der Waals surface area contributed by atoms with Crippen molar-refractivity contribution in [2.45, 2.75) is 109 Å². The maximum atomic E-state index is 14.0. The van der Waals surface area contributed by atoms with E-state index in [1.807, 2.05) is 73.7 Å². The summed E-state index contributed by atoms with van der Waals surface area (Å²) < 4.78 is 20.3. The lowest BCUT2D eigenvalue weighted by molar-refractivity contribution is 0.102. The molecule has 4 aromatic carbocycles. The number of anilines is 1. The Hall–Kier alpha value is -5.29. The van der Waals surface area contributed by atoms with Gasteiger partial charge in [-0.15, -0.1) is 10.2 Å². The second kappa shape index (κ2) is 20.6. The average molecular weight is 776 g/mol. The SMILES string of the molecule is CCCCCCCCCCCCCCOc1ccccc1NC(=O)c1cc(Oc2c(CSc3nnc(C)o3)c(C)nn2-c2ccccc2)c2ccccc2c1O. The van der Waals surface area contributed by atoms with Crippen molar-refractivity contribution in [3.05, 3.63) is 108 Å². The summed E-state index contributed by atoms with van der Waals surface area (Å²) in [6.45, 7) is 6.50. The summed E-state index contributed by atoms with van der Waals surface area (Å²) in [6.07, 6.45) is 15.3. The van der Waals surface area contributed by atoms with Crippen LogP contribution >= 0.6 is 11.8 Å². The molecule has 0 atom stereocenters. The number of aryl methyl sites for hydroxylation is 2. The van der Waals surface area contributed by atoms with Gasteiger partial charge in [-0.1, -0.05) is 144 Å². The van der Waals surface area contributed by atoms with Gasteiger partial charge in [-0.05, 0) is 43.7 Å². The third-order valence-corrected chi connectivity index (χ3v) is 10.7. The minimum atomic E-state index is -0.491. The molecule has 0 unspecified atom stereocenters. The first-order valence-electron chi connectivity index (χ1n) is 20.0. The lowest BCUT2D eigenvalue weighted by Crippen LogP contribution is -2.14. The lowest BCUT2D eigenvalue weighted by Gasteiger charge is -2.17. The zero-order valence-electron chi connectivity index (χ0n) is 32.8. The molecular formula is C45H53N5O5S. The van der Waals surface area contributed by atoms with Crippen molar-refractivity contribution >= 4 is 34.1 Å². The first kappa shape index (κ1) is 40.4. The fourth-order valence-electron chi connectivity index (χ4n) is 6.72. The van der Waals surface area contributed by atoms with Gasteiger partial charge in [0.05, 0.1) is 29.2 Å². The molecule has 56 heavy (non-hydrogen) atoms. The molecule has 10 nitrogen and oxygen atoms in total. The maximum Gasteiger partial charge on any atom is 0.276 e. The number of unbranched alkanes of at least 4 members (excludes halogenated alkanes) is 11. The number of hydrogen-bond donors (Lipinski definition) is 2. The third-order valence-electron chi connectivity index (χ3n) is 9.81. The van der Waals surface area contributed by atoms with Gasteiger partial charge in [0.1, 0.15) is 17.2 Å². The smallest absolute Gasteiger partial charge is 0.276 e. The number of nitrogens with zero attached hydrogens (tertiary/aromatic N) is 4. The Morgan fingerprint density at radius 2 is 1.43 bits per heavy atom. The van der Waals surface area contributed by atoms with E-state index in [0.29, 0.717) is 57.3 Å². The van der Waals surface area contributed by atoms with Crippen LogP contribution in [0.3, 0.4) is 0 Å². The minimum absolute atomic E-state index is 0.0641. The Bertz CT molecular complexity index is 2170. The van der Waals surface area contributed by atoms with Gasteiger partial charge in [0.25, 0.3) is 11.1 Å². The van der Waals surface area contributed by atoms with Crippen molar-refractivity contribution in [2.75, 3.05) is 11.9 Å². The predicted molar refractivity (Wildman–Crippen MR) is 224 cm³/mol. The molecule has 0 radical (unpaired) electrons. The van der Waals surface area contributed by atoms with Crippen LogP contribution in [0, 0.1) is 13.8 Å². The summed E-state index contributed by atoms with van der Waals surface area (Å²) in [5, 5.41) is 29.0. The van der Waals surface area contributed by atoms with Gasteiger partial charge >= 0.3 is 0 Å². The normalized spacial score (nSPS) is 11.3. The number of hydrogen-bond acceptors (Lipinski definition) is 9. The van der Waals surface area contributed by atoms with Crippen LogP contribution in [0.2, 0.25) is 0 Å². The molecule has 0 aliphatic carbocycles. The van der Waals surface area contributed by atoms with Crippen LogP contribution in [0.1, 0.15) is 111 Å². The highest BCUT2D eigenvalue weighted by atomic mass is 32.2. The van der Waals surface area contributed by atoms with Crippen molar-refractivity contribution in [3.8, 4) is 28.8 Å². The number of phenols is 1. The molecule has 294 valence electrons. The van der Waals surface area contributed by atoms with Crippen molar-refractivity contribution in [3.63, 3.8) is 0 Å². The van der Waals surface area contributed by atoms with E-state index in [1.54, 1.807) is 29.8 Å². The molecule has 0 saturated heterocycles. The number of benzene rings is 4. The number of aromatic hydroxyl groups is 1. The quantitative estimate of drug-likeness (QED) is 0.0512. The van der Waals surface area contributed by atoms with E-state index in [-0.39, 0.29) is 11.3 Å². The molecule has 0 saturated carbocycles. The zero-order valence-corrected chi connectivity index (χ0v) is 33.6. The molecule has 2 heterocycles. The number of para-hydroxylation sites is 3. The van der Waals surface area contributed by atoms with Crippen molar-refractivity contribution < 1.29 is 23.8 Å². The van der Waals surface area contributed by atoms with Crippen LogP contribution in [-0.2, 0) is 5.75 Å². The van der Waals surface area contributed by atoms with Crippen LogP contribution in [-0.4, -0.2) is 37.6 Å². The fraction of sp³-hybridized carbons (Fsp3) is 0.378. The van der Waals surface area contributed by atoms with Crippen molar-refractivity contribution in [2.24, 2.45) is 0 Å². The number of thioether (sulfide) groups is 1. The van der Waals surface area contributed by atoms with Crippen LogP contribution in [0.4, 0.5) is 5.69 Å². The largest absolute Gasteiger partial charge is 0.506 e. The van der Waals surface area contributed by atoms with Gasteiger partial charge in [0, 0.05) is 29.0 Å². The van der Waals surface area contributed by atoms with Crippen molar-refractivity contribution in [1.29, 1.82) is 0 Å². The van der Waals surface area contributed by atoms with E-state index in [9.17, 15) is 9.90 Å². The number of nitrogens with one attached hydrogen (secondary N) is 1. The maximum absolute atomic E-state index is 14.0. The Balaban J connectivity index is 1.16. The Morgan fingerprint density at radius 1 is 0.786 bits per heavy atom. The van der Waals surface area contributed by atoms with E-state index in [1.165, 1.54) is 76.0 Å². The number of phenolic OH excluding ortho intramolecular Hbond substituents is 1. The molecular weight excluding hydrogens is 723 g/mol. The lowest BCUT2D eigenvalue weighted by atomic mass is 10.0. The summed E-state index contributed by atoms with van der Waals surface area (Å²) in [6, 6.07) is 26.0. The van der Waals surface area contributed by atoms with Gasteiger partial charge in [-0.3, -0.25) is 4.79 Å².